The zero-order chi connectivity index (χ0) is 15.5. The van der Waals surface area contributed by atoms with Crippen molar-refractivity contribution < 1.29 is 9.59 Å². The van der Waals surface area contributed by atoms with Crippen molar-refractivity contribution in [1.29, 1.82) is 0 Å². The van der Waals surface area contributed by atoms with Crippen LogP contribution in [0, 0.1) is 0 Å². The molecule has 0 spiro atoms. The molecule has 3 rings (SSSR count). The molecule has 0 radical (unpaired) electrons. The molecule has 0 saturated heterocycles. The number of carbonyl (C=O) groups excluding carboxylic acids is 2. The van der Waals surface area contributed by atoms with Crippen molar-refractivity contribution in [2.45, 2.75) is 19.5 Å². The standard InChI is InChI=1S/C17H19N3O2/c1-13-15-8-5-9-19(15)10-11-20(13)16(21)12-18-17(22)14-6-3-2-4-7-14/h2-9,13H,10-12H2,1H3,(H,18,22)/t13-/m1/s1. The third-order valence-corrected chi connectivity index (χ3v) is 4.10. The summed E-state index contributed by atoms with van der Waals surface area (Å²) in [7, 11) is 0. The minimum atomic E-state index is -0.220. The molecule has 1 aliphatic heterocycles. The van der Waals surface area contributed by atoms with Gasteiger partial charge < -0.3 is 14.8 Å². The van der Waals surface area contributed by atoms with Gasteiger partial charge in [0.15, 0.2) is 0 Å². The highest BCUT2D eigenvalue weighted by Gasteiger charge is 2.27. The van der Waals surface area contributed by atoms with Crippen molar-refractivity contribution in [2.24, 2.45) is 0 Å². The zero-order valence-corrected chi connectivity index (χ0v) is 12.5. The molecule has 2 heterocycles. The summed E-state index contributed by atoms with van der Waals surface area (Å²) < 4.78 is 2.16. The quantitative estimate of drug-likeness (QED) is 0.939. The summed E-state index contributed by atoms with van der Waals surface area (Å²) in [6.07, 6.45) is 2.03. The number of aromatic nitrogens is 1. The maximum atomic E-state index is 12.4. The van der Waals surface area contributed by atoms with Gasteiger partial charge in [-0.25, -0.2) is 0 Å². The second-order valence-corrected chi connectivity index (χ2v) is 5.44. The van der Waals surface area contributed by atoms with Crippen LogP contribution in [-0.4, -0.2) is 34.4 Å². The molecule has 1 aliphatic rings. The van der Waals surface area contributed by atoms with Gasteiger partial charge in [0, 0.05) is 30.5 Å². The van der Waals surface area contributed by atoms with Crippen LogP contribution in [0.15, 0.2) is 48.7 Å². The van der Waals surface area contributed by atoms with Gasteiger partial charge >= 0.3 is 0 Å². The molecule has 2 aromatic rings. The molecule has 0 bridgehead atoms. The Bertz CT molecular complexity index is 678. The molecule has 1 N–H and O–H groups in total. The van der Waals surface area contributed by atoms with Crippen molar-refractivity contribution in [1.82, 2.24) is 14.8 Å². The lowest BCUT2D eigenvalue weighted by molar-refractivity contribution is -0.133. The van der Waals surface area contributed by atoms with Crippen LogP contribution in [-0.2, 0) is 11.3 Å². The summed E-state index contributed by atoms with van der Waals surface area (Å²) in [5, 5.41) is 2.70. The number of nitrogens with one attached hydrogen (secondary N) is 1. The Morgan fingerprint density at radius 3 is 2.68 bits per heavy atom. The minimum absolute atomic E-state index is 0.0266. The average Bonchev–Trinajstić information content (AvgIpc) is 3.03. The summed E-state index contributed by atoms with van der Waals surface area (Å²) in [6.45, 7) is 3.51. The van der Waals surface area contributed by atoms with E-state index in [0.29, 0.717) is 12.1 Å². The number of hydrogen-bond acceptors (Lipinski definition) is 2. The van der Waals surface area contributed by atoms with Crippen molar-refractivity contribution >= 4 is 11.8 Å². The Morgan fingerprint density at radius 1 is 1.14 bits per heavy atom. The highest BCUT2D eigenvalue weighted by molar-refractivity contribution is 5.96. The molecule has 5 nitrogen and oxygen atoms in total. The summed E-state index contributed by atoms with van der Waals surface area (Å²) in [6, 6.07) is 13.0. The van der Waals surface area contributed by atoms with Crippen LogP contribution >= 0.6 is 0 Å². The molecule has 1 atom stereocenters. The van der Waals surface area contributed by atoms with E-state index in [1.54, 1.807) is 24.3 Å². The van der Waals surface area contributed by atoms with Crippen LogP contribution in [0.4, 0.5) is 0 Å². The Morgan fingerprint density at radius 2 is 1.91 bits per heavy atom. The van der Waals surface area contributed by atoms with Crippen molar-refractivity contribution in [3.05, 3.63) is 59.9 Å². The number of benzene rings is 1. The molecule has 0 unspecified atom stereocenters. The Labute approximate surface area is 129 Å². The van der Waals surface area contributed by atoms with Gasteiger partial charge in [0.25, 0.3) is 5.91 Å². The van der Waals surface area contributed by atoms with E-state index in [2.05, 4.69) is 9.88 Å². The molecule has 2 amide bonds. The molecule has 22 heavy (non-hydrogen) atoms. The van der Waals surface area contributed by atoms with E-state index in [1.807, 2.05) is 36.2 Å². The molecule has 5 heteroatoms. The van der Waals surface area contributed by atoms with Gasteiger partial charge in [-0.3, -0.25) is 9.59 Å². The molecule has 1 aromatic carbocycles. The minimum Gasteiger partial charge on any atom is -0.348 e. The summed E-state index contributed by atoms with van der Waals surface area (Å²) in [4.78, 5) is 26.2. The molecule has 0 fully saturated rings. The number of amides is 2. The van der Waals surface area contributed by atoms with E-state index in [-0.39, 0.29) is 24.4 Å². The second-order valence-electron chi connectivity index (χ2n) is 5.44. The van der Waals surface area contributed by atoms with E-state index in [0.717, 1.165) is 12.2 Å². The van der Waals surface area contributed by atoms with Crippen LogP contribution in [0.2, 0.25) is 0 Å². The largest absolute Gasteiger partial charge is 0.348 e. The molecular weight excluding hydrogens is 278 g/mol. The Hall–Kier alpha value is -2.56. The summed E-state index contributed by atoms with van der Waals surface area (Å²) >= 11 is 0. The predicted molar refractivity (Wildman–Crippen MR) is 83.3 cm³/mol. The predicted octanol–water partition coefficient (Wildman–Crippen LogP) is 1.82. The number of carbonyl (C=O) groups is 2. The summed E-state index contributed by atoms with van der Waals surface area (Å²) in [5.74, 6) is -0.272. The average molecular weight is 297 g/mol. The maximum Gasteiger partial charge on any atom is 0.251 e. The number of nitrogens with zero attached hydrogens (tertiary/aromatic N) is 2. The smallest absolute Gasteiger partial charge is 0.251 e. The van der Waals surface area contributed by atoms with Gasteiger partial charge in [-0.2, -0.15) is 0 Å². The van der Waals surface area contributed by atoms with Crippen molar-refractivity contribution in [2.75, 3.05) is 13.1 Å². The van der Waals surface area contributed by atoms with E-state index in [1.165, 1.54) is 0 Å². The fourth-order valence-electron chi connectivity index (χ4n) is 2.87. The first kappa shape index (κ1) is 14.4. The SMILES string of the molecule is C[C@@H]1c2cccn2CCN1C(=O)CNC(=O)c1ccccc1. The number of hydrogen-bond donors (Lipinski definition) is 1. The Kier molecular flexibility index (Phi) is 3.96. The number of fused-ring (bicyclic) bond motifs is 1. The molecule has 114 valence electrons. The van der Waals surface area contributed by atoms with E-state index < -0.39 is 0 Å². The zero-order valence-electron chi connectivity index (χ0n) is 12.5. The van der Waals surface area contributed by atoms with Crippen molar-refractivity contribution in [3.8, 4) is 0 Å². The van der Waals surface area contributed by atoms with Gasteiger partial charge in [0.1, 0.15) is 0 Å². The first-order chi connectivity index (χ1) is 10.7. The normalized spacial score (nSPS) is 17.0. The Balaban J connectivity index is 1.60. The number of rotatable bonds is 3. The molecular formula is C17H19N3O2. The topological polar surface area (TPSA) is 54.3 Å². The van der Waals surface area contributed by atoms with Gasteiger partial charge in [-0.15, -0.1) is 0 Å². The second kappa shape index (κ2) is 6.05. The van der Waals surface area contributed by atoms with Crippen LogP contribution in [0.1, 0.15) is 29.0 Å². The fraction of sp³-hybridized carbons (Fsp3) is 0.294. The lowest BCUT2D eigenvalue weighted by Gasteiger charge is -2.35. The van der Waals surface area contributed by atoms with Gasteiger partial charge in [-0.1, -0.05) is 18.2 Å². The van der Waals surface area contributed by atoms with Gasteiger partial charge in [0.2, 0.25) is 5.91 Å². The monoisotopic (exact) mass is 297 g/mol. The van der Waals surface area contributed by atoms with E-state index in [4.69, 9.17) is 0 Å². The molecule has 0 aliphatic carbocycles. The van der Waals surface area contributed by atoms with Crippen molar-refractivity contribution in [3.63, 3.8) is 0 Å². The van der Waals surface area contributed by atoms with Gasteiger partial charge in [-0.05, 0) is 31.2 Å². The van der Waals surface area contributed by atoms with Crippen LogP contribution in [0.25, 0.3) is 0 Å². The first-order valence-corrected chi connectivity index (χ1v) is 7.44. The van der Waals surface area contributed by atoms with Crippen LogP contribution < -0.4 is 5.32 Å². The maximum absolute atomic E-state index is 12.4. The third kappa shape index (κ3) is 2.74. The first-order valence-electron chi connectivity index (χ1n) is 7.44. The van der Waals surface area contributed by atoms with Gasteiger partial charge in [0.05, 0.1) is 12.6 Å². The fourth-order valence-corrected chi connectivity index (χ4v) is 2.87. The highest BCUT2D eigenvalue weighted by Crippen LogP contribution is 2.24. The summed E-state index contributed by atoms with van der Waals surface area (Å²) in [5.41, 5.74) is 1.70. The van der Waals surface area contributed by atoms with Crippen LogP contribution in [0.5, 0.6) is 0 Å². The van der Waals surface area contributed by atoms with Crippen LogP contribution in [0.3, 0.4) is 0 Å². The van der Waals surface area contributed by atoms with E-state index >= 15 is 0 Å². The lowest BCUT2D eigenvalue weighted by atomic mass is 10.1. The molecule has 0 saturated carbocycles. The van der Waals surface area contributed by atoms with E-state index in [9.17, 15) is 9.59 Å². The third-order valence-electron chi connectivity index (χ3n) is 4.10. The molecule has 1 aromatic heterocycles. The lowest BCUT2D eigenvalue weighted by Crippen LogP contribution is -2.45. The highest BCUT2D eigenvalue weighted by atomic mass is 16.2.